The number of carbonyl (C=O) groups excluding carboxylic acids is 2. The molecule has 7 nitrogen and oxygen atoms in total. The minimum atomic E-state index is -0.853. The summed E-state index contributed by atoms with van der Waals surface area (Å²) < 4.78 is 34.0. The Hall–Kier alpha value is -3.75. The van der Waals surface area contributed by atoms with Gasteiger partial charge in [-0.3, -0.25) is 25.1 Å². The summed E-state index contributed by atoms with van der Waals surface area (Å²) in [6.07, 6.45) is 1.37. The van der Waals surface area contributed by atoms with Crippen LogP contribution in [0.4, 0.5) is 8.78 Å². The fraction of sp³-hybridized carbons (Fsp3) is 0.190. The number of aryl methyl sites for hydroxylation is 3. The molecule has 30 heavy (non-hydrogen) atoms. The molecule has 0 aliphatic heterocycles. The number of aromatic nitrogens is 2. The lowest BCUT2D eigenvalue weighted by Gasteiger charge is -2.10. The number of carbonyl (C=O) groups is 2. The maximum atomic E-state index is 14.1. The van der Waals surface area contributed by atoms with Crippen molar-refractivity contribution in [2.75, 3.05) is 6.61 Å². The topological polar surface area (TPSA) is 85.3 Å². The maximum absolute atomic E-state index is 14.1. The molecule has 2 amide bonds. The van der Waals surface area contributed by atoms with Gasteiger partial charge < -0.3 is 4.74 Å². The van der Waals surface area contributed by atoms with Crippen LogP contribution in [-0.2, 0) is 11.8 Å². The molecule has 0 aliphatic rings. The highest BCUT2D eigenvalue weighted by atomic mass is 19.1. The summed E-state index contributed by atoms with van der Waals surface area (Å²) in [4.78, 5) is 24.5. The molecule has 156 valence electrons. The van der Waals surface area contributed by atoms with Gasteiger partial charge in [0.25, 0.3) is 11.8 Å². The van der Waals surface area contributed by atoms with Crippen molar-refractivity contribution in [1.82, 2.24) is 20.6 Å². The quantitative estimate of drug-likeness (QED) is 0.629. The van der Waals surface area contributed by atoms with E-state index in [0.717, 1.165) is 17.2 Å². The third-order valence-electron chi connectivity index (χ3n) is 4.42. The van der Waals surface area contributed by atoms with Crippen LogP contribution in [0.25, 0.3) is 11.3 Å². The van der Waals surface area contributed by atoms with Crippen LogP contribution in [0.5, 0.6) is 5.75 Å². The SMILES string of the molecule is Cc1ccc(OCC(=O)NNC(=O)c2cn(C)nc2-c2ccc(F)cc2F)cc1C. The third-order valence-corrected chi connectivity index (χ3v) is 4.42. The fourth-order valence-corrected chi connectivity index (χ4v) is 2.72. The molecule has 0 fully saturated rings. The summed E-state index contributed by atoms with van der Waals surface area (Å²) in [6, 6.07) is 8.40. The second-order valence-electron chi connectivity index (χ2n) is 6.73. The Morgan fingerprint density at radius 3 is 2.53 bits per heavy atom. The van der Waals surface area contributed by atoms with Gasteiger partial charge >= 0.3 is 0 Å². The molecule has 0 bridgehead atoms. The van der Waals surface area contributed by atoms with Crippen molar-refractivity contribution in [3.05, 3.63) is 70.9 Å². The normalized spacial score (nSPS) is 10.6. The number of hydrogen-bond acceptors (Lipinski definition) is 4. The van der Waals surface area contributed by atoms with E-state index in [4.69, 9.17) is 4.74 Å². The van der Waals surface area contributed by atoms with Crippen molar-refractivity contribution in [1.29, 1.82) is 0 Å². The molecule has 3 rings (SSSR count). The lowest BCUT2D eigenvalue weighted by molar-refractivity contribution is -0.123. The highest BCUT2D eigenvalue weighted by Gasteiger charge is 2.20. The average molecular weight is 414 g/mol. The number of rotatable bonds is 5. The summed E-state index contributed by atoms with van der Waals surface area (Å²) in [5.41, 5.74) is 6.60. The molecule has 0 atom stereocenters. The molecule has 0 unspecified atom stereocenters. The van der Waals surface area contributed by atoms with E-state index in [1.807, 2.05) is 19.9 Å². The summed E-state index contributed by atoms with van der Waals surface area (Å²) in [5, 5.41) is 4.07. The number of hydrazine groups is 1. The maximum Gasteiger partial charge on any atom is 0.276 e. The van der Waals surface area contributed by atoms with E-state index in [-0.39, 0.29) is 23.4 Å². The largest absolute Gasteiger partial charge is 0.484 e. The first-order valence-electron chi connectivity index (χ1n) is 9.03. The fourth-order valence-electron chi connectivity index (χ4n) is 2.72. The number of amides is 2. The van der Waals surface area contributed by atoms with Gasteiger partial charge in [0.05, 0.1) is 5.56 Å². The first kappa shape index (κ1) is 21.0. The molecule has 1 heterocycles. The smallest absolute Gasteiger partial charge is 0.276 e. The van der Waals surface area contributed by atoms with Gasteiger partial charge in [-0.1, -0.05) is 6.07 Å². The molecule has 0 spiro atoms. The Morgan fingerprint density at radius 1 is 1.07 bits per heavy atom. The van der Waals surface area contributed by atoms with Crippen molar-refractivity contribution >= 4 is 11.8 Å². The van der Waals surface area contributed by atoms with Crippen LogP contribution in [0, 0.1) is 25.5 Å². The van der Waals surface area contributed by atoms with Crippen LogP contribution >= 0.6 is 0 Å². The average Bonchev–Trinajstić information content (AvgIpc) is 3.08. The lowest BCUT2D eigenvalue weighted by Crippen LogP contribution is -2.43. The van der Waals surface area contributed by atoms with Crippen LogP contribution in [0.2, 0.25) is 0 Å². The van der Waals surface area contributed by atoms with E-state index in [2.05, 4.69) is 16.0 Å². The zero-order chi connectivity index (χ0) is 21.8. The predicted molar refractivity (Wildman–Crippen MR) is 106 cm³/mol. The Labute approximate surface area is 171 Å². The third kappa shape index (κ3) is 4.80. The monoisotopic (exact) mass is 414 g/mol. The zero-order valence-electron chi connectivity index (χ0n) is 16.6. The molecule has 3 aromatic rings. The summed E-state index contributed by atoms with van der Waals surface area (Å²) in [6.45, 7) is 3.58. The summed E-state index contributed by atoms with van der Waals surface area (Å²) in [7, 11) is 1.55. The number of ether oxygens (including phenoxy) is 1. The van der Waals surface area contributed by atoms with Crippen molar-refractivity contribution in [3.8, 4) is 17.0 Å². The van der Waals surface area contributed by atoms with Gasteiger partial charge in [0.1, 0.15) is 23.1 Å². The molecule has 0 saturated carbocycles. The van der Waals surface area contributed by atoms with Crippen LogP contribution in [0.15, 0.2) is 42.6 Å². The highest BCUT2D eigenvalue weighted by Crippen LogP contribution is 2.25. The van der Waals surface area contributed by atoms with Crippen LogP contribution < -0.4 is 15.6 Å². The summed E-state index contributed by atoms with van der Waals surface area (Å²) >= 11 is 0. The van der Waals surface area contributed by atoms with Crippen LogP contribution in [0.1, 0.15) is 21.5 Å². The molecular weight excluding hydrogens is 394 g/mol. The van der Waals surface area contributed by atoms with Gasteiger partial charge in [-0.05, 0) is 49.2 Å². The van der Waals surface area contributed by atoms with E-state index in [9.17, 15) is 18.4 Å². The van der Waals surface area contributed by atoms with Gasteiger partial charge in [0.2, 0.25) is 0 Å². The minimum Gasteiger partial charge on any atom is -0.484 e. The van der Waals surface area contributed by atoms with Gasteiger partial charge in [0, 0.05) is 24.9 Å². The number of halogens is 2. The number of nitrogens with one attached hydrogen (secondary N) is 2. The van der Waals surface area contributed by atoms with Crippen molar-refractivity contribution in [3.63, 3.8) is 0 Å². The van der Waals surface area contributed by atoms with Crippen molar-refractivity contribution in [2.24, 2.45) is 7.05 Å². The first-order valence-corrected chi connectivity index (χ1v) is 9.03. The molecule has 0 radical (unpaired) electrons. The van der Waals surface area contributed by atoms with E-state index >= 15 is 0 Å². The van der Waals surface area contributed by atoms with E-state index in [0.29, 0.717) is 11.8 Å². The lowest BCUT2D eigenvalue weighted by atomic mass is 10.1. The highest BCUT2D eigenvalue weighted by molar-refractivity contribution is 6.00. The number of benzene rings is 2. The standard InChI is InChI=1S/C21H20F2N4O3/c1-12-4-6-15(8-13(12)2)30-11-19(28)24-25-21(29)17-10-27(3)26-20(17)16-7-5-14(22)9-18(16)23/h4-10H,11H2,1-3H3,(H,24,28)(H,25,29). The molecule has 1 aromatic heterocycles. The number of nitrogens with zero attached hydrogens (tertiary/aromatic N) is 2. The van der Waals surface area contributed by atoms with Gasteiger partial charge in [-0.2, -0.15) is 5.10 Å². The Bertz CT molecular complexity index is 1110. The minimum absolute atomic E-state index is 0.0124. The van der Waals surface area contributed by atoms with Crippen molar-refractivity contribution < 1.29 is 23.1 Å². The number of hydrogen-bond donors (Lipinski definition) is 2. The molecule has 0 saturated heterocycles. The Balaban J connectivity index is 1.63. The van der Waals surface area contributed by atoms with Gasteiger partial charge in [-0.15, -0.1) is 0 Å². The molecule has 0 aliphatic carbocycles. The Morgan fingerprint density at radius 2 is 1.83 bits per heavy atom. The molecule has 2 aromatic carbocycles. The zero-order valence-corrected chi connectivity index (χ0v) is 16.6. The van der Waals surface area contributed by atoms with E-state index < -0.39 is 23.4 Å². The van der Waals surface area contributed by atoms with Gasteiger partial charge in [-0.25, -0.2) is 8.78 Å². The van der Waals surface area contributed by atoms with E-state index in [1.165, 1.54) is 16.9 Å². The van der Waals surface area contributed by atoms with Crippen LogP contribution in [-0.4, -0.2) is 28.2 Å². The second kappa shape index (κ2) is 8.73. The van der Waals surface area contributed by atoms with Crippen LogP contribution in [0.3, 0.4) is 0 Å². The van der Waals surface area contributed by atoms with Crippen molar-refractivity contribution in [2.45, 2.75) is 13.8 Å². The predicted octanol–water partition coefficient (Wildman–Crippen LogP) is 2.82. The first-order chi connectivity index (χ1) is 14.2. The van der Waals surface area contributed by atoms with Gasteiger partial charge in [0.15, 0.2) is 6.61 Å². The molecule has 9 heteroatoms. The molecule has 2 N–H and O–H groups in total. The second-order valence-corrected chi connectivity index (χ2v) is 6.73. The summed E-state index contributed by atoms with van der Waals surface area (Å²) in [5.74, 6) is -2.36. The molecular formula is C21H20F2N4O3. The Kier molecular flexibility index (Phi) is 6.10. The van der Waals surface area contributed by atoms with E-state index in [1.54, 1.807) is 19.2 Å².